The van der Waals surface area contributed by atoms with Gasteiger partial charge in [0.2, 0.25) is 5.91 Å². The molecule has 0 saturated heterocycles. The second kappa shape index (κ2) is 5.77. The molecule has 3 N–H and O–H groups in total. The van der Waals surface area contributed by atoms with Gasteiger partial charge < -0.3 is 11.1 Å². The molecular weight excluding hydrogens is 290 g/mol. The lowest BCUT2D eigenvalue weighted by atomic mass is 9.85. The number of nitrogens with two attached hydrogens (primary N) is 1. The van der Waals surface area contributed by atoms with Crippen molar-refractivity contribution in [3.63, 3.8) is 0 Å². The molecule has 0 radical (unpaired) electrons. The summed E-state index contributed by atoms with van der Waals surface area (Å²) in [7, 11) is 0. The fraction of sp³-hybridized carbons (Fsp3) is 0.643. The van der Waals surface area contributed by atoms with Crippen molar-refractivity contribution in [2.75, 3.05) is 0 Å². The van der Waals surface area contributed by atoms with Crippen LogP contribution in [0.1, 0.15) is 54.2 Å². The van der Waals surface area contributed by atoms with Gasteiger partial charge in [-0.25, -0.2) is 4.98 Å². The van der Waals surface area contributed by atoms with E-state index in [1.165, 1.54) is 0 Å². The summed E-state index contributed by atoms with van der Waals surface area (Å²) >= 11 is 6.77. The summed E-state index contributed by atoms with van der Waals surface area (Å²) in [5.74, 6) is -0.0274. The highest BCUT2D eigenvalue weighted by molar-refractivity contribution is 7.80. The van der Waals surface area contributed by atoms with Crippen LogP contribution in [0.4, 0.5) is 0 Å². The van der Waals surface area contributed by atoms with Gasteiger partial charge in [0.05, 0.1) is 27.1 Å². The molecule has 1 unspecified atom stereocenters. The van der Waals surface area contributed by atoms with E-state index in [2.05, 4.69) is 10.3 Å². The molecule has 6 heteroatoms. The fourth-order valence-corrected chi connectivity index (χ4v) is 4.14. The molecule has 2 rings (SSSR count). The van der Waals surface area contributed by atoms with Crippen molar-refractivity contribution in [1.29, 1.82) is 0 Å². The van der Waals surface area contributed by atoms with Crippen molar-refractivity contribution >= 4 is 34.5 Å². The third kappa shape index (κ3) is 2.72. The fourth-order valence-electron chi connectivity index (χ4n) is 2.91. The zero-order valence-corrected chi connectivity index (χ0v) is 13.8. The van der Waals surface area contributed by atoms with E-state index in [-0.39, 0.29) is 11.9 Å². The van der Waals surface area contributed by atoms with E-state index in [1.54, 1.807) is 11.3 Å². The lowest BCUT2D eigenvalue weighted by molar-refractivity contribution is -0.127. The summed E-state index contributed by atoms with van der Waals surface area (Å²) in [6.07, 6.45) is 3.55. The van der Waals surface area contributed by atoms with Crippen LogP contribution in [0.5, 0.6) is 0 Å². The van der Waals surface area contributed by atoms with E-state index >= 15 is 0 Å². The van der Waals surface area contributed by atoms with Gasteiger partial charge in [0.15, 0.2) is 0 Å². The molecular formula is C14H21N3OS2. The Morgan fingerprint density at radius 3 is 2.50 bits per heavy atom. The molecule has 0 spiro atoms. The molecule has 0 aliphatic heterocycles. The minimum Gasteiger partial charge on any atom is -0.392 e. The number of carbonyl (C=O) groups is 1. The first-order chi connectivity index (χ1) is 9.36. The Morgan fingerprint density at radius 1 is 1.45 bits per heavy atom. The SMILES string of the molecule is Cc1nc(C)c(C(C)NC(=O)C2(C(N)=S)CCCC2)s1. The molecule has 1 aromatic rings. The van der Waals surface area contributed by atoms with E-state index < -0.39 is 5.41 Å². The van der Waals surface area contributed by atoms with Gasteiger partial charge in [-0.1, -0.05) is 25.1 Å². The van der Waals surface area contributed by atoms with Gasteiger partial charge in [-0.15, -0.1) is 11.3 Å². The van der Waals surface area contributed by atoms with Crippen molar-refractivity contribution in [3.05, 3.63) is 15.6 Å². The minimum atomic E-state index is -0.642. The number of nitrogens with zero attached hydrogens (tertiary/aromatic N) is 1. The largest absolute Gasteiger partial charge is 0.392 e. The van der Waals surface area contributed by atoms with Gasteiger partial charge in [-0.2, -0.15) is 0 Å². The monoisotopic (exact) mass is 311 g/mol. The maximum Gasteiger partial charge on any atom is 0.233 e. The van der Waals surface area contributed by atoms with E-state index in [4.69, 9.17) is 18.0 Å². The number of thiazole rings is 1. The number of carbonyl (C=O) groups excluding carboxylic acids is 1. The normalized spacial score (nSPS) is 18.8. The van der Waals surface area contributed by atoms with Crippen LogP contribution in [0.2, 0.25) is 0 Å². The van der Waals surface area contributed by atoms with E-state index in [9.17, 15) is 4.79 Å². The Balaban J connectivity index is 2.14. The van der Waals surface area contributed by atoms with E-state index in [0.717, 1.165) is 41.3 Å². The predicted molar refractivity (Wildman–Crippen MR) is 85.8 cm³/mol. The topological polar surface area (TPSA) is 68.0 Å². The third-order valence-corrected chi connectivity index (χ3v) is 5.69. The Morgan fingerprint density at radius 2 is 2.05 bits per heavy atom. The van der Waals surface area contributed by atoms with Crippen LogP contribution < -0.4 is 11.1 Å². The van der Waals surface area contributed by atoms with Gasteiger partial charge >= 0.3 is 0 Å². The lowest BCUT2D eigenvalue weighted by Crippen LogP contribution is -2.47. The highest BCUT2D eigenvalue weighted by atomic mass is 32.1. The molecule has 1 amide bonds. The quantitative estimate of drug-likeness (QED) is 0.839. The second-order valence-electron chi connectivity index (χ2n) is 5.53. The molecule has 1 aliphatic rings. The number of aryl methyl sites for hydroxylation is 2. The molecule has 1 heterocycles. The number of rotatable bonds is 4. The number of hydrogen-bond donors (Lipinski definition) is 2. The number of nitrogens with one attached hydrogen (secondary N) is 1. The first kappa shape index (κ1) is 15.4. The summed E-state index contributed by atoms with van der Waals surface area (Å²) in [4.78, 5) is 18.5. The van der Waals surface area contributed by atoms with Crippen LogP contribution in [0.3, 0.4) is 0 Å². The zero-order valence-electron chi connectivity index (χ0n) is 12.2. The highest BCUT2D eigenvalue weighted by Crippen LogP contribution is 2.39. The van der Waals surface area contributed by atoms with Crippen molar-refractivity contribution < 1.29 is 4.79 Å². The number of amides is 1. The Kier molecular flexibility index (Phi) is 4.44. The zero-order chi connectivity index (χ0) is 14.9. The van der Waals surface area contributed by atoms with Crippen LogP contribution in [0, 0.1) is 19.3 Å². The smallest absolute Gasteiger partial charge is 0.233 e. The van der Waals surface area contributed by atoms with Gasteiger partial charge in [0, 0.05) is 4.88 Å². The molecule has 0 aromatic carbocycles. The minimum absolute atomic E-state index is 0.0274. The summed E-state index contributed by atoms with van der Waals surface area (Å²) in [6, 6.07) is -0.0551. The van der Waals surface area contributed by atoms with E-state index in [1.807, 2.05) is 20.8 Å². The first-order valence-electron chi connectivity index (χ1n) is 6.91. The molecule has 1 aliphatic carbocycles. The number of aromatic nitrogens is 1. The van der Waals surface area contributed by atoms with Crippen LogP contribution >= 0.6 is 23.6 Å². The Bertz CT molecular complexity index is 533. The standard InChI is InChI=1S/C14H21N3OS2/c1-8-11(20-10(3)16-8)9(2)17-13(18)14(12(15)19)6-4-5-7-14/h9H,4-7H2,1-3H3,(H2,15,19)(H,17,18). The molecule has 1 fully saturated rings. The van der Waals surface area contributed by atoms with Crippen molar-refractivity contribution in [1.82, 2.24) is 10.3 Å². The molecule has 110 valence electrons. The van der Waals surface area contributed by atoms with E-state index in [0.29, 0.717) is 4.99 Å². The summed E-state index contributed by atoms with van der Waals surface area (Å²) in [5.41, 5.74) is 6.18. The maximum absolute atomic E-state index is 12.6. The van der Waals surface area contributed by atoms with Crippen LogP contribution in [-0.2, 0) is 4.79 Å². The lowest BCUT2D eigenvalue weighted by Gasteiger charge is -2.28. The van der Waals surface area contributed by atoms with Gasteiger partial charge in [-0.05, 0) is 33.6 Å². The van der Waals surface area contributed by atoms with Crippen molar-refractivity contribution in [2.24, 2.45) is 11.1 Å². The third-order valence-electron chi connectivity index (χ3n) is 4.04. The Labute approximate surface area is 129 Å². The molecule has 0 bridgehead atoms. The first-order valence-corrected chi connectivity index (χ1v) is 8.14. The van der Waals surface area contributed by atoms with Crippen molar-refractivity contribution in [3.8, 4) is 0 Å². The van der Waals surface area contributed by atoms with Gasteiger partial charge in [0.1, 0.15) is 0 Å². The Hall–Kier alpha value is -1.01. The van der Waals surface area contributed by atoms with Crippen LogP contribution in [0.25, 0.3) is 0 Å². The second-order valence-corrected chi connectivity index (χ2v) is 7.21. The predicted octanol–water partition coefficient (Wildman–Crippen LogP) is 2.78. The van der Waals surface area contributed by atoms with Crippen molar-refractivity contribution in [2.45, 2.75) is 52.5 Å². The average molecular weight is 311 g/mol. The molecule has 1 saturated carbocycles. The molecule has 1 atom stereocenters. The summed E-state index contributed by atoms with van der Waals surface area (Å²) in [6.45, 7) is 5.93. The number of thiocarbonyl (C=S) groups is 1. The molecule has 20 heavy (non-hydrogen) atoms. The molecule has 4 nitrogen and oxygen atoms in total. The maximum atomic E-state index is 12.6. The summed E-state index contributed by atoms with van der Waals surface area (Å²) < 4.78 is 0. The average Bonchev–Trinajstić information content (AvgIpc) is 2.96. The molecule has 1 aromatic heterocycles. The van der Waals surface area contributed by atoms with Crippen LogP contribution in [0.15, 0.2) is 0 Å². The summed E-state index contributed by atoms with van der Waals surface area (Å²) in [5, 5.41) is 4.10. The number of hydrogen-bond acceptors (Lipinski definition) is 4. The van der Waals surface area contributed by atoms with Crippen LogP contribution in [-0.4, -0.2) is 15.9 Å². The van der Waals surface area contributed by atoms with Gasteiger partial charge in [-0.3, -0.25) is 4.79 Å². The highest BCUT2D eigenvalue weighted by Gasteiger charge is 2.44. The van der Waals surface area contributed by atoms with Gasteiger partial charge in [0.25, 0.3) is 0 Å².